The zero-order valence-corrected chi connectivity index (χ0v) is 10.4. The van der Waals surface area contributed by atoms with Crippen molar-refractivity contribution in [1.82, 2.24) is 0 Å². The van der Waals surface area contributed by atoms with Crippen LogP contribution in [0.2, 0.25) is 5.02 Å². The molecule has 0 aliphatic carbocycles. The molecule has 0 atom stereocenters. The monoisotopic (exact) mass is 281 g/mol. The van der Waals surface area contributed by atoms with E-state index in [0.29, 0.717) is 24.8 Å². The molecule has 0 heterocycles. The second kappa shape index (κ2) is 6.77. The Balaban J connectivity index is 2.65. The zero-order valence-electron chi connectivity index (χ0n) is 8.90. The van der Waals surface area contributed by atoms with Crippen LogP contribution in [0.4, 0.5) is 14.5 Å². The van der Waals surface area contributed by atoms with Gasteiger partial charge in [-0.3, -0.25) is 4.79 Å². The Hall–Kier alpha value is -0.870. The third kappa shape index (κ3) is 4.48. The van der Waals surface area contributed by atoms with Gasteiger partial charge in [-0.1, -0.05) is 11.6 Å². The highest BCUT2D eigenvalue weighted by Crippen LogP contribution is 2.26. The van der Waals surface area contributed by atoms with Gasteiger partial charge in [0.1, 0.15) is 5.82 Å². The van der Waals surface area contributed by atoms with E-state index >= 15 is 0 Å². The van der Waals surface area contributed by atoms with Crippen molar-refractivity contribution in [3.8, 4) is 0 Å². The molecule has 0 radical (unpaired) electrons. The number of benzene rings is 1. The third-order valence-corrected chi connectivity index (χ3v) is 2.62. The Labute approximate surface area is 108 Å². The summed E-state index contributed by atoms with van der Waals surface area (Å²) < 4.78 is 26.0. The summed E-state index contributed by atoms with van der Waals surface area (Å²) in [4.78, 5) is 11.4. The van der Waals surface area contributed by atoms with Crippen LogP contribution in [-0.4, -0.2) is 11.8 Å². The topological polar surface area (TPSA) is 29.1 Å². The van der Waals surface area contributed by atoms with Gasteiger partial charge >= 0.3 is 0 Å². The maximum absolute atomic E-state index is 13.3. The molecule has 0 aliphatic rings. The summed E-state index contributed by atoms with van der Waals surface area (Å²) in [6.07, 6.45) is 1.53. The van der Waals surface area contributed by atoms with Crippen molar-refractivity contribution in [1.29, 1.82) is 0 Å². The number of hydrogen-bond acceptors (Lipinski definition) is 1. The summed E-state index contributed by atoms with van der Waals surface area (Å²) in [7, 11) is 0. The normalized spacial score (nSPS) is 10.4. The summed E-state index contributed by atoms with van der Waals surface area (Å²) >= 11 is 11.1. The number of carbonyl (C=O) groups excluding carboxylic acids is 1. The van der Waals surface area contributed by atoms with Crippen molar-refractivity contribution in [2.45, 2.75) is 19.3 Å². The SMILES string of the molecule is O=C(CCCCCl)Nc1c(F)cc(F)cc1Cl. The quantitative estimate of drug-likeness (QED) is 0.642. The molecule has 0 aliphatic heterocycles. The molecule has 0 unspecified atom stereocenters. The number of hydrogen-bond donors (Lipinski definition) is 1. The van der Waals surface area contributed by atoms with E-state index in [2.05, 4.69) is 5.32 Å². The molecule has 0 aromatic heterocycles. The molecule has 0 spiro atoms. The second-order valence-corrected chi connectivity index (χ2v) is 4.22. The van der Waals surface area contributed by atoms with Crippen molar-refractivity contribution >= 4 is 34.8 Å². The van der Waals surface area contributed by atoms with Crippen LogP contribution in [0.25, 0.3) is 0 Å². The number of halogens is 4. The number of carbonyl (C=O) groups is 1. The van der Waals surface area contributed by atoms with Gasteiger partial charge in [0.05, 0.1) is 10.7 Å². The van der Waals surface area contributed by atoms with Gasteiger partial charge in [-0.15, -0.1) is 11.6 Å². The molecule has 1 amide bonds. The fraction of sp³-hybridized carbons (Fsp3) is 0.364. The summed E-state index contributed by atoms with van der Waals surface area (Å²) in [5.41, 5.74) is -0.191. The van der Waals surface area contributed by atoms with Crippen LogP contribution in [0.1, 0.15) is 19.3 Å². The number of anilines is 1. The molecule has 6 heteroatoms. The van der Waals surface area contributed by atoms with Crippen LogP contribution < -0.4 is 5.32 Å². The van der Waals surface area contributed by atoms with Crippen LogP contribution in [0, 0.1) is 11.6 Å². The van der Waals surface area contributed by atoms with Gasteiger partial charge in [-0.05, 0) is 18.9 Å². The Morgan fingerprint density at radius 1 is 1.29 bits per heavy atom. The summed E-state index contributed by atoms with van der Waals surface area (Å²) in [6.45, 7) is 0. The van der Waals surface area contributed by atoms with Crippen molar-refractivity contribution in [2.24, 2.45) is 0 Å². The first kappa shape index (κ1) is 14.2. The lowest BCUT2D eigenvalue weighted by Gasteiger charge is -2.08. The van der Waals surface area contributed by atoms with Crippen molar-refractivity contribution < 1.29 is 13.6 Å². The maximum Gasteiger partial charge on any atom is 0.224 e. The van der Waals surface area contributed by atoms with Gasteiger partial charge in [0.15, 0.2) is 5.82 Å². The summed E-state index contributed by atoms with van der Waals surface area (Å²) in [5, 5.41) is 2.15. The van der Waals surface area contributed by atoms with Crippen LogP contribution in [0.5, 0.6) is 0 Å². The van der Waals surface area contributed by atoms with Gasteiger partial charge in [-0.25, -0.2) is 8.78 Å². The predicted octanol–water partition coefficient (Wildman–Crippen LogP) is 3.97. The number of nitrogens with one attached hydrogen (secondary N) is 1. The molecule has 0 bridgehead atoms. The molecule has 17 heavy (non-hydrogen) atoms. The van der Waals surface area contributed by atoms with Crippen molar-refractivity contribution in [2.75, 3.05) is 11.2 Å². The zero-order chi connectivity index (χ0) is 12.8. The molecular weight excluding hydrogens is 271 g/mol. The minimum Gasteiger partial charge on any atom is -0.322 e. The lowest BCUT2D eigenvalue weighted by Crippen LogP contribution is -2.13. The van der Waals surface area contributed by atoms with E-state index in [9.17, 15) is 13.6 Å². The van der Waals surface area contributed by atoms with Crippen LogP contribution in [0.3, 0.4) is 0 Å². The first-order valence-electron chi connectivity index (χ1n) is 5.05. The van der Waals surface area contributed by atoms with E-state index in [1.54, 1.807) is 0 Å². The summed E-state index contributed by atoms with van der Waals surface area (Å²) in [6, 6.07) is 1.61. The van der Waals surface area contributed by atoms with Crippen LogP contribution >= 0.6 is 23.2 Å². The number of rotatable bonds is 5. The first-order valence-corrected chi connectivity index (χ1v) is 5.96. The summed E-state index contributed by atoms with van der Waals surface area (Å²) in [5.74, 6) is -1.57. The number of amides is 1. The van der Waals surface area contributed by atoms with Crippen molar-refractivity contribution in [3.63, 3.8) is 0 Å². The Bertz CT molecular complexity index is 389. The molecule has 0 saturated carbocycles. The Morgan fingerprint density at radius 3 is 2.59 bits per heavy atom. The van der Waals surface area contributed by atoms with Crippen LogP contribution in [-0.2, 0) is 4.79 Å². The van der Waals surface area contributed by atoms with E-state index in [1.165, 1.54) is 0 Å². The molecule has 0 fully saturated rings. The maximum atomic E-state index is 13.3. The molecule has 1 rings (SSSR count). The molecular formula is C11H11Cl2F2NO. The average molecular weight is 282 g/mol. The van der Waals surface area contributed by atoms with Gasteiger partial charge < -0.3 is 5.32 Å². The van der Waals surface area contributed by atoms with Crippen molar-refractivity contribution in [3.05, 3.63) is 28.8 Å². The standard InChI is InChI=1S/C11H11Cl2F2NO/c12-4-2-1-3-10(17)16-11-8(13)5-7(14)6-9(11)15/h5-6H,1-4H2,(H,16,17). The molecule has 94 valence electrons. The molecule has 2 nitrogen and oxygen atoms in total. The van der Waals surface area contributed by atoms with E-state index in [0.717, 1.165) is 6.07 Å². The van der Waals surface area contributed by atoms with E-state index < -0.39 is 11.6 Å². The molecule has 0 saturated heterocycles. The fourth-order valence-corrected chi connectivity index (χ4v) is 1.67. The van der Waals surface area contributed by atoms with Crippen LogP contribution in [0.15, 0.2) is 12.1 Å². The first-order chi connectivity index (χ1) is 8.04. The Morgan fingerprint density at radius 2 is 2.00 bits per heavy atom. The highest BCUT2D eigenvalue weighted by atomic mass is 35.5. The van der Waals surface area contributed by atoms with E-state index in [1.807, 2.05) is 0 Å². The molecule has 1 N–H and O–H groups in total. The van der Waals surface area contributed by atoms with E-state index in [4.69, 9.17) is 23.2 Å². The number of unbranched alkanes of at least 4 members (excludes halogenated alkanes) is 1. The fourth-order valence-electron chi connectivity index (χ4n) is 1.24. The predicted molar refractivity (Wildman–Crippen MR) is 64.6 cm³/mol. The van der Waals surface area contributed by atoms with Gasteiger partial charge in [0.2, 0.25) is 5.91 Å². The average Bonchev–Trinajstić information content (AvgIpc) is 2.24. The van der Waals surface area contributed by atoms with Gasteiger partial charge in [0, 0.05) is 18.4 Å². The van der Waals surface area contributed by atoms with Gasteiger partial charge in [0.25, 0.3) is 0 Å². The molecule has 1 aromatic rings. The minimum absolute atomic E-state index is 0.159. The Kier molecular flexibility index (Phi) is 5.65. The highest BCUT2D eigenvalue weighted by molar-refractivity contribution is 6.33. The van der Waals surface area contributed by atoms with E-state index in [-0.39, 0.29) is 23.0 Å². The lowest BCUT2D eigenvalue weighted by molar-refractivity contribution is -0.116. The third-order valence-electron chi connectivity index (χ3n) is 2.06. The van der Waals surface area contributed by atoms with Gasteiger partial charge in [-0.2, -0.15) is 0 Å². The highest BCUT2D eigenvalue weighted by Gasteiger charge is 2.12. The number of alkyl halides is 1. The largest absolute Gasteiger partial charge is 0.322 e. The smallest absolute Gasteiger partial charge is 0.224 e. The minimum atomic E-state index is -0.888. The molecule has 1 aromatic carbocycles. The second-order valence-electron chi connectivity index (χ2n) is 3.44. The lowest BCUT2D eigenvalue weighted by atomic mass is 10.2.